The Morgan fingerprint density at radius 1 is 1.29 bits per heavy atom. The van der Waals surface area contributed by atoms with Crippen molar-refractivity contribution in [1.82, 2.24) is 15.3 Å². The molecule has 8 nitrogen and oxygen atoms in total. The standard InChI is InChI=1S/C25H32FN5O3S/c1-25(2,34)22(26)13-28-24(33)18-12-27-23(31-17-5-6-19-21(10-17)35-14-29-19)11-20(18)30-16-4-3-15(9-16)7-8-32/h5-6,10-12,14-16,22,32,34H,3-4,7-9,13H2,1-2H3,(H,28,33)(H2,27,30,31). The number of fused-ring (bicyclic) bond motifs is 1. The Hall–Kier alpha value is -2.82. The molecule has 35 heavy (non-hydrogen) atoms. The number of halogens is 1. The van der Waals surface area contributed by atoms with Crippen LogP contribution in [0.3, 0.4) is 0 Å². The largest absolute Gasteiger partial charge is 0.396 e. The SMILES string of the molecule is CC(C)(O)C(F)CNC(=O)c1cnc(Nc2ccc3ncsc3c2)cc1NC1CCC(CCO)C1. The molecule has 0 saturated heterocycles. The van der Waals surface area contributed by atoms with Crippen LogP contribution in [0.4, 0.5) is 21.6 Å². The van der Waals surface area contributed by atoms with Crippen molar-refractivity contribution in [3.8, 4) is 0 Å². The second-order valence-electron chi connectivity index (χ2n) is 9.64. The third kappa shape index (κ3) is 6.45. The van der Waals surface area contributed by atoms with Gasteiger partial charge in [0.2, 0.25) is 0 Å². The lowest BCUT2D eigenvalue weighted by Crippen LogP contribution is -2.42. The van der Waals surface area contributed by atoms with Gasteiger partial charge in [0.15, 0.2) is 0 Å². The number of nitrogens with one attached hydrogen (secondary N) is 3. The maximum atomic E-state index is 14.2. The van der Waals surface area contributed by atoms with E-state index in [1.54, 1.807) is 22.9 Å². The molecule has 10 heteroatoms. The molecule has 2 aromatic heterocycles. The van der Waals surface area contributed by atoms with Crippen LogP contribution in [0.2, 0.25) is 0 Å². The molecule has 1 aromatic carbocycles. The van der Waals surface area contributed by atoms with E-state index in [0.29, 0.717) is 23.0 Å². The summed E-state index contributed by atoms with van der Waals surface area (Å²) in [4.78, 5) is 21.6. The molecule has 0 spiro atoms. The minimum Gasteiger partial charge on any atom is -0.396 e. The molecule has 0 bridgehead atoms. The van der Waals surface area contributed by atoms with E-state index in [4.69, 9.17) is 0 Å². The van der Waals surface area contributed by atoms with Crippen LogP contribution in [-0.4, -0.2) is 57.1 Å². The summed E-state index contributed by atoms with van der Waals surface area (Å²) in [5, 5.41) is 28.4. The molecule has 1 amide bonds. The van der Waals surface area contributed by atoms with Gasteiger partial charge in [0.25, 0.3) is 5.91 Å². The number of carbonyl (C=O) groups excluding carboxylic acids is 1. The van der Waals surface area contributed by atoms with Crippen molar-refractivity contribution in [3.63, 3.8) is 0 Å². The Kier molecular flexibility index (Phi) is 7.83. The van der Waals surface area contributed by atoms with E-state index in [9.17, 15) is 19.4 Å². The third-order valence-electron chi connectivity index (χ3n) is 6.40. The Bertz CT molecular complexity index is 1170. The molecule has 1 aliphatic rings. The summed E-state index contributed by atoms with van der Waals surface area (Å²) < 4.78 is 15.2. The first-order chi connectivity index (χ1) is 16.7. The number of benzene rings is 1. The van der Waals surface area contributed by atoms with E-state index < -0.39 is 17.7 Å². The number of amides is 1. The minimum absolute atomic E-state index is 0.159. The van der Waals surface area contributed by atoms with E-state index >= 15 is 0 Å². The molecule has 3 unspecified atom stereocenters. The lowest BCUT2D eigenvalue weighted by atomic mass is 10.0. The molecule has 0 radical (unpaired) electrons. The number of rotatable bonds is 10. The summed E-state index contributed by atoms with van der Waals surface area (Å²) in [6.45, 7) is 2.60. The van der Waals surface area contributed by atoms with Crippen LogP contribution in [0, 0.1) is 5.92 Å². The lowest BCUT2D eigenvalue weighted by molar-refractivity contribution is -0.00177. The fourth-order valence-corrected chi connectivity index (χ4v) is 5.02. The Labute approximate surface area is 208 Å². The highest BCUT2D eigenvalue weighted by atomic mass is 32.1. The van der Waals surface area contributed by atoms with Crippen LogP contribution in [0.15, 0.2) is 36.0 Å². The smallest absolute Gasteiger partial charge is 0.255 e. The van der Waals surface area contributed by atoms with Gasteiger partial charge >= 0.3 is 0 Å². The maximum Gasteiger partial charge on any atom is 0.255 e. The van der Waals surface area contributed by atoms with Gasteiger partial charge in [-0.2, -0.15) is 0 Å². The predicted molar refractivity (Wildman–Crippen MR) is 137 cm³/mol. The van der Waals surface area contributed by atoms with Gasteiger partial charge in [-0.25, -0.2) is 14.4 Å². The minimum atomic E-state index is -1.60. The molecule has 188 valence electrons. The quantitative estimate of drug-likeness (QED) is 0.282. The highest BCUT2D eigenvalue weighted by molar-refractivity contribution is 7.16. The number of pyridine rings is 1. The van der Waals surface area contributed by atoms with Crippen molar-refractivity contribution in [2.75, 3.05) is 23.8 Å². The van der Waals surface area contributed by atoms with Crippen molar-refractivity contribution < 1.29 is 19.4 Å². The first-order valence-corrected chi connectivity index (χ1v) is 12.7. The highest BCUT2D eigenvalue weighted by Crippen LogP contribution is 2.32. The average molecular weight is 502 g/mol. The normalized spacial score (nSPS) is 19.0. The van der Waals surface area contributed by atoms with Gasteiger partial charge < -0.3 is 26.2 Å². The van der Waals surface area contributed by atoms with E-state index in [2.05, 4.69) is 25.9 Å². The topological polar surface area (TPSA) is 119 Å². The average Bonchev–Trinajstić information content (AvgIpc) is 3.46. The van der Waals surface area contributed by atoms with E-state index in [1.807, 2.05) is 18.2 Å². The van der Waals surface area contributed by atoms with E-state index in [0.717, 1.165) is 41.6 Å². The Morgan fingerprint density at radius 3 is 2.89 bits per heavy atom. The highest BCUT2D eigenvalue weighted by Gasteiger charge is 2.28. The molecule has 1 fully saturated rings. The fraction of sp³-hybridized carbons (Fsp3) is 0.480. The molecule has 0 aliphatic heterocycles. The predicted octanol–water partition coefficient (Wildman–Crippen LogP) is 4.24. The lowest BCUT2D eigenvalue weighted by Gasteiger charge is -2.23. The maximum absolute atomic E-state index is 14.2. The summed E-state index contributed by atoms with van der Waals surface area (Å²) in [7, 11) is 0. The van der Waals surface area contributed by atoms with E-state index in [-0.39, 0.29) is 19.2 Å². The van der Waals surface area contributed by atoms with Crippen molar-refractivity contribution in [2.24, 2.45) is 5.92 Å². The van der Waals surface area contributed by atoms with Crippen LogP contribution in [0.25, 0.3) is 10.2 Å². The zero-order valence-corrected chi connectivity index (χ0v) is 20.7. The van der Waals surface area contributed by atoms with Gasteiger partial charge in [-0.05, 0) is 63.6 Å². The van der Waals surface area contributed by atoms with Gasteiger partial charge in [0.1, 0.15) is 12.0 Å². The molecule has 3 atom stereocenters. The van der Waals surface area contributed by atoms with Gasteiger partial charge in [-0.3, -0.25) is 4.79 Å². The monoisotopic (exact) mass is 501 g/mol. The van der Waals surface area contributed by atoms with Crippen molar-refractivity contribution in [3.05, 3.63) is 41.5 Å². The van der Waals surface area contributed by atoms with Crippen molar-refractivity contribution in [1.29, 1.82) is 0 Å². The number of carbonyl (C=O) groups is 1. The summed E-state index contributed by atoms with van der Waals surface area (Å²) >= 11 is 1.55. The Morgan fingerprint density at radius 2 is 2.11 bits per heavy atom. The summed E-state index contributed by atoms with van der Waals surface area (Å²) in [6, 6.07) is 7.80. The zero-order valence-electron chi connectivity index (χ0n) is 19.9. The number of hydrogen-bond donors (Lipinski definition) is 5. The van der Waals surface area contributed by atoms with Crippen LogP contribution in [-0.2, 0) is 0 Å². The number of anilines is 3. The first kappa shape index (κ1) is 25.3. The van der Waals surface area contributed by atoms with Gasteiger partial charge in [-0.1, -0.05) is 0 Å². The number of aliphatic hydroxyl groups is 2. The van der Waals surface area contributed by atoms with Crippen LogP contribution < -0.4 is 16.0 Å². The number of nitrogens with zero attached hydrogens (tertiary/aromatic N) is 2. The molecule has 1 aliphatic carbocycles. The second-order valence-corrected chi connectivity index (χ2v) is 10.5. The van der Waals surface area contributed by atoms with Crippen LogP contribution >= 0.6 is 11.3 Å². The van der Waals surface area contributed by atoms with Gasteiger partial charge in [0, 0.05) is 30.6 Å². The van der Waals surface area contributed by atoms with Crippen molar-refractivity contribution in [2.45, 2.75) is 57.3 Å². The molecular formula is C25H32FN5O3S. The second kappa shape index (κ2) is 10.8. The molecule has 5 N–H and O–H groups in total. The Balaban J connectivity index is 1.54. The molecule has 2 heterocycles. The third-order valence-corrected chi connectivity index (χ3v) is 7.19. The number of thiazole rings is 1. The van der Waals surface area contributed by atoms with Gasteiger partial charge in [-0.15, -0.1) is 11.3 Å². The molecular weight excluding hydrogens is 469 g/mol. The van der Waals surface area contributed by atoms with Crippen LogP contribution in [0.5, 0.6) is 0 Å². The summed E-state index contributed by atoms with van der Waals surface area (Å²) in [6.07, 6.45) is 3.49. The number of aromatic nitrogens is 2. The van der Waals surface area contributed by atoms with Gasteiger partial charge in [0.05, 0.1) is 39.1 Å². The molecule has 3 aromatic rings. The zero-order chi connectivity index (χ0) is 25.0. The summed E-state index contributed by atoms with van der Waals surface area (Å²) in [5.41, 5.74) is 2.94. The molecule has 4 rings (SSSR count). The number of aliphatic hydroxyl groups excluding tert-OH is 1. The van der Waals surface area contributed by atoms with E-state index in [1.165, 1.54) is 20.0 Å². The summed E-state index contributed by atoms with van der Waals surface area (Å²) in [5.74, 6) is 0.548. The number of hydrogen-bond acceptors (Lipinski definition) is 8. The first-order valence-electron chi connectivity index (χ1n) is 11.9. The van der Waals surface area contributed by atoms with Crippen LogP contribution in [0.1, 0.15) is 49.9 Å². The number of alkyl halides is 1. The van der Waals surface area contributed by atoms with Crippen molar-refractivity contribution >= 4 is 44.7 Å². The fourth-order valence-electron chi connectivity index (χ4n) is 4.30. The molecule has 1 saturated carbocycles.